The molecule has 0 fully saturated rings. The van der Waals surface area contributed by atoms with Crippen LogP contribution in [-0.2, 0) is 6.54 Å². The van der Waals surface area contributed by atoms with Crippen LogP contribution in [0.1, 0.15) is 21.8 Å². The van der Waals surface area contributed by atoms with Gasteiger partial charge < -0.3 is 13.7 Å². The van der Waals surface area contributed by atoms with Gasteiger partial charge in [0, 0.05) is 19.4 Å². The highest BCUT2D eigenvalue weighted by atomic mass is 16.3. The minimum atomic E-state index is -0.122. The summed E-state index contributed by atoms with van der Waals surface area (Å²) in [6.07, 6.45) is 5.25. The quantitative estimate of drug-likeness (QED) is 0.734. The van der Waals surface area contributed by atoms with Gasteiger partial charge >= 0.3 is 0 Å². The van der Waals surface area contributed by atoms with Gasteiger partial charge in [0.25, 0.3) is 5.91 Å². The van der Waals surface area contributed by atoms with E-state index in [9.17, 15) is 4.79 Å². The summed E-state index contributed by atoms with van der Waals surface area (Å²) in [6.45, 7) is 2.43. The molecule has 1 amide bonds. The van der Waals surface area contributed by atoms with Crippen molar-refractivity contribution >= 4 is 11.6 Å². The predicted molar refractivity (Wildman–Crippen MR) is 74.4 cm³/mol. The van der Waals surface area contributed by atoms with Crippen molar-refractivity contribution < 1.29 is 9.21 Å². The topological polar surface area (TPSA) is 50.8 Å². The largest absolute Gasteiger partial charge is 0.467 e. The molecule has 0 saturated carbocycles. The van der Waals surface area contributed by atoms with E-state index >= 15 is 0 Å². The number of hydrogen-bond acceptors (Lipinski definition) is 3. The molecule has 0 atom stereocenters. The number of carbonyl (C=O) groups is 1. The van der Waals surface area contributed by atoms with Crippen molar-refractivity contribution in [2.75, 3.05) is 7.05 Å². The first-order valence-corrected chi connectivity index (χ1v) is 6.37. The monoisotopic (exact) mass is 269 g/mol. The SMILES string of the molecule is Cc1ccn2cc(C(=O)N(C)Cc3ccco3)nc2c1. The Kier molecular flexibility index (Phi) is 3.02. The lowest BCUT2D eigenvalue weighted by Crippen LogP contribution is -2.26. The number of nitrogens with zero attached hydrogens (tertiary/aromatic N) is 3. The number of pyridine rings is 1. The Hall–Kier alpha value is -2.56. The van der Waals surface area contributed by atoms with Crippen LogP contribution in [0.2, 0.25) is 0 Å². The van der Waals surface area contributed by atoms with Gasteiger partial charge in [-0.1, -0.05) is 0 Å². The van der Waals surface area contributed by atoms with E-state index in [0.29, 0.717) is 12.2 Å². The fourth-order valence-electron chi connectivity index (χ4n) is 2.09. The van der Waals surface area contributed by atoms with E-state index in [4.69, 9.17) is 4.42 Å². The van der Waals surface area contributed by atoms with Crippen molar-refractivity contribution in [1.82, 2.24) is 14.3 Å². The molecule has 3 aromatic rings. The summed E-state index contributed by atoms with van der Waals surface area (Å²) in [4.78, 5) is 18.3. The van der Waals surface area contributed by atoms with Crippen LogP contribution < -0.4 is 0 Å². The van der Waals surface area contributed by atoms with Gasteiger partial charge in [-0.2, -0.15) is 0 Å². The minimum absolute atomic E-state index is 0.122. The number of carbonyl (C=O) groups excluding carboxylic acids is 1. The van der Waals surface area contributed by atoms with Crippen LogP contribution >= 0.6 is 0 Å². The number of fused-ring (bicyclic) bond motifs is 1. The fourth-order valence-corrected chi connectivity index (χ4v) is 2.09. The molecule has 0 unspecified atom stereocenters. The molecule has 3 heterocycles. The van der Waals surface area contributed by atoms with Crippen molar-refractivity contribution in [3.8, 4) is 0 Å². The molecule has 3 rings (SSSR count). The number of aromatic nitrogens is 2. The molecular formula is C15H15N3O2. The maximum atomic E-state index is 12.3. The highest BCUT2D eigenvalue weighted by molar-refractivity contribution is 5.92. The maximum Gasteiger partial charge on any atom is 0.274 e. The van der Waals surface area contributed by atoms with Crippen molar-refractivity contribution in [2.24, 2.45) is 0 Å². The summed E-state index contributed by atoms with van der Waals surface area (Å²) in [7, 11) is 1.74. The fraction of sp³-hybridized carbons (Fsp3) is 0.200. The molecular weight excluding hydrogens is 254 g/mol. The molecule has 0 N–H and O–H groups in total. The number of rotatable bonds is 3. The van der Waals surface area contributed by atoms with E-state index in [0.717, 1.165) is 17.0 Å². The van der Waals surface area contributed by atoms with Crippen molar-refractivity contribution in [3.63, 3.8) is 0 Å². The van der Waals surface area contributed by atoms with E-state index in [1.54, 1.807) is 30.5 Å². The molecule has 0 aliphatic rings. The predicted octanol–water partition coefficient (Wildman–Crippen LogP) is 2.51. The molecule has 0 radical (unpaired) electrons. The molecule has 0 spiro atoms. The van der Waals surface area contributed by atoms with Gasteiger partial charge in [-0.05, 0) is 36.8 Å². The van der Waals surface area contributed by atoms with E-state index in [1.165, 1.54) is 0 Å². The average molecular weight is 269 g/mol. The minimum Gasteiger partial charge on any atom is -0.467 e. The van der Waals surface area contributed by atoms with Crippen LogP contribution in [-0.4, -0.2) is 27.2 Å². The zero-order valence-electron chi connectivity index (χ0n) is 11.4. The third-order valence-corrected chi connectivity index (χ3v) is 3.15. The van der Waals surface area contributed by atoms with E-state index < -0.39 is 0 Å². The molecule has 5 heteroatoms. The lowest BCUT2D eigenvalue weighted by Gasteiger charge is -2.13. The Labute approximate surface area is 116 Å². The van der Waals surface area contributed by atoms with E-state index in [-0.39, 0.29) is 5.91 Å². The van der Waals surface area contributed by atoms with Crippen molar-refractivity contribution in [3.05, 3.63) is 59.9 Å². The van der Waals surface area contributed by atoms with Crippen LogP contribution in [0.25, 0.3) is 5.65 Å². The summed E-state index contributed by atoms with van der Waals surface area (Å²) >= 11 is 0. The lowest BCUT2D eigenvalue weighted by atomic mass is 10.3. The molecule has 0 saturated heterocycles. The molecule has 102 valence electrons. The van der Waals surface area contributed by atoms with Crippen LogP contribution in [0.5, 0.6) is 0 Å². The smallest absolute Gasteiger partial charge is 0.274 e. The van der Waals surface area contributed by atoms with Crippen molar-refractivity contribution in [2.45, 2.75) is 13.5 Å². The van der Waals surface area contributed by atoms with Gasteiger partial charge in [0.05, 0.1) is 12.8 Å². The Bertz CT molecular complexity index is 744. The van der Waals surface area contributed by atoms with Crippen molar-refractivity contribution in [1.29, 1.82) is 0 Å². The summed E-state index contributed by atoms with van der Waals surface area (Å²) in [5.74, 6) is 0.628. The third kappa shape index (κ3) is 2.30. The van der Waals surface area contributed by atoms with Gasteiger partial charge in [-0.15, -0.1) is 0 Å². The second kappa shape index (κ2) is 4.85. The average Bonchev–Trinajstić information content (AvgIpc) is 3.06. The molecule has 3 aromatic heterocycles. The van der Waals surface area contributed by atoms with E-state index in [2.05, 4.69) is 4.98 Å². The van der Waals surface area contributed by atoms with Crippen LogP contribution in [0.3, 0.4) is 0 Å². The Morgan fingerprint density at radius 2 is 2.30 bits per heavy atom. The number of aryl methyl sites for hydroxylation is 1. The second-order valence-electron chi connectivity index (χ2n) is 4.84. The zero-order valence-corrected chi connectivity index (χ0v) is 11.4. The number of imidazole rings is 1. The maximum absolute atomic E-state index is 12.3. The lowest BCUT2D eigenvalue weighted by molar-refractivity contribution is 0.0770. The molecule has 0 bridgehead atoms. The normalized spacial score (nSPS) is 10.9. The van der Waals surface area contributed by atoms with Crippen LogP contribution in [0, 0.1) is 6.92 Å². The Morgan fingerprint density at radius 3 is 3.05 bits per heavy atom. The Morgan fingerprint density at radius 1 is 1.45 bits per heavy atom. The van der Waals surface area contributed by atoms with Gasteiger partial charge in [0.2, 0.25) is 0 Å². The van der Waals surface area contributed by atoms with Crippen LogP contribution in [0.15, 0.2) is 47.3 Å². The highest BCUT2D eigenvalue weighted by Gasteiger charge is 2.16. The van der Waals surface area contributed by atoms with E-state index in [1.807, 2.05) is 35.7 Å². The van der Waals surface area contributed by atoms with Gasteiger partial charge in [-0.25, -0.2) is 4.98 Å². The van der Waals surface area contributed by atoms with Gasteiger partial charge in [-0.3, -0.25) is 4.79 Å². The number of hydrogen-bond donors (Lipinski definition) is 0. The van der Waals surface area contributed by atoms with Gasteiger partial charge in [0.15, 0.2) is 0 Å². The molecule has 5 nitrogen and oxygen atoms in total. The summed E-state index contributed by atoms with van der Waals surface area (Å²) in [5, 5.41) is 0. The molecule has 20 heavy (non-hydrogen) atoms. The number of furan rings is 1. The van der Waals surface area contributed by atoms with Crippen LogP contribution in [0.4, 0.5) is 0 Å². The van der Waals surface area contributed by atoms with Gasteiger partial charge in [0.1, 0.15) is 17.1 Å². The number of amides is 1. The first-order valence-electron chi connectivity index (χ1n) is 6.37. The molecule has 0 aliphatic carbocycles. The zero-order chi connectivity index (χ0) is 14.1. The first-order chi connectivity index (χ1) is 9.63. The third-order valence-electron chi connectivity index (χ3n) is 3.15. The highest BCUT2D eigenvalue weighted by Crippen LogP contribution is 2.11. The second-order valence-corrected chi connectivity index (χ2v) is 4.84. The summed E-state index contributed by atoms with van der Waals surface area (Å²) in [6, 6.07) is 7.58. The molecule has 0 aromatic carbocycles. The summed E-state index contributed by atoms with van der Waals surface area (Å²) < 4.78 is 7.09. The first kappa shape index (κ1) is 12.5. The molecule has 0 aliphatic heterocycles. The standard InChI is InChI=1S/C15H15N3O2/c1-11-5-6-18-10-13(16-14(18)8-11)15(19)17(2)9-12-4-3-7-20-12/h3-8,10H,9H2,1-2H3. The Balaban J connectivity index is 1.84. The summed E-state index contributed by atoms with van der Waals surface area (Å²) in [5.41, 5.74) is 2.33.